The number of thiocarbonyl (C=S) groups is 1. The summed E-state index contributed by atoms with van der Waals surface area (Å²) in [4.78, 5) is 12.3. The lowest BCUT2D eigenvalue weighted by Gasteiger charge is -2.13. The average molecular weight is 456 g/mol. The van der Waals surface area contributed by atoms with Crippen LogP contribution < -0.4 is 19.5 Å². The van der Waals surface area contributed by atoms with E-state index < -0.39 is 0 Å². The number of rotatable bonds is 7. The summed E-state index contributed by atoms with van der Waals surface area (Å²) in [5.74, 6) is 1.40. The lowest BCUT2D eigenvalue weighted by Crippen LogP contribution is -2.17. The second-order valence-electron chi connectivity index (χ2n) is 5.51. The molecule has 1 aliphatic heterocycles. The molecule has 0 bridgehead atoms. The fourth-order valence-corrected chi connectivity index (χ4v) is 3.75. The maximum Gasteiger partial charge on any atom is 0.263 e. The maximum atomic E-state index is 11.8. The molecule has 1 heterocycles. The first kappa shape index (κ1) is 20.8. The van der Waals surface area contributed by atoms with Gasteiger partial charge in [0, 0.05) is 0 Å². The van der Waals surface area contributed by atoms with Gasteiger partial charge >= 0.3 is 0 Å². The molecule has 0 spiro atoms. The Morgan fingerprint density at radius 1 is 1.11 bits per heavy atom. The summed E-state index contributed by atoms with van der Waals surface area (Å²) in [5.41, 5.74) is 0.800. The minimum atomic E-state index is -0.203. The van der Waals surface area contributed by atoms with Crippen LogP contribution in [0.15, 0.2) is 41.3 Å². The lowest BCUT2D eigenvalue weighted by atomic mass is 10.2. The predicted octanol–water partition coefficient (Wildman–Crippen LogP) is 4.95. The average Bonchev–Trinajstić information content (AvgIpc) is 2.99. The summed E-state index contributed by atoms with van der Waals surface area (Å²) in [7, 11) is 1.55. The van der Waals surface area contributed by atoms with E-state index in [1.807, 2.05) is 6.07 Å². The minimum absolute atomic E-state index is 0.203. The molecule has 1 amide bonds. The first-order valence-corrected chi connectivity index (χ1v) is 10.1. The number of halogens is 2. The van der Waals surface area contributed by atoms with E-state index in [1.165, 1.54) is 11.8 Å². The fraction of sp³-hybridized carbons (Fsp3) is 0.158. The molecule has 3 rings (SSSR count). The molecule has 2 aromatic rings. The van der Waals surface area contributed by atoms with Crippen LogP contribution in [0.3, 0.4) is 0 Å². The van der Waals surface area contributed by atoms with E-state index >= 15 is 0 Å². The topological polar surface area (TPSA) is 56.8 Å². The Bertz CT molecular complexity index is 950. The van der Waals surface area contributed by atoms with Crippen molar-refractivity contribution in [2.75, 3.05) is 20.3 Å². The van der Waals surface area contributed by atoms with E-state index in [4.69, 9.17) is 49.6 Å². The summed E-state index contributed by atoms with van der Waals surface area (Å²) >= 11 is 18.3. The minimum Gasteiger partial charge on any atom is -0.493 e. The highest BCUT2D eigenvalue weighted by atomic mass is 35.5. The Labute approximate surface area is 181 Å². The normalized spacial score (nSPS) is 14.9. The zero-order valence-corrected chi connectivity index (χ0v) is 17.8. The summed E-state index contributed by atoms with van der Waals surface area (Å²) in [6, 6.07) is 10.6. The van der Waals surface area contributed by atoms with Crippen molar-refractivity contribution < 1.29 is 19.0 Å². The molecule has 1 fully saturated rings. The molecule has 0 atom stereocenters. The SMILES string of the molecule is COc1cc(C=C2SC(=S)NC2=O)ccc1OCCOc1cccc(Cl)c1Cl. The Hall–Kier alpha value is -1.93. The predicted molar refractivity (Wildman–Crippen MR) is 117 cm³/mol. The second kappa shape index (κ2) is 9.52. The zero-order chi connectivity index (χ0) is 20.1. The van der Waals surface area contributed by atoms with Crippen molar-refractivity contribution in [3.05, 3.63) is 56.9 Å². The van der Waals surface area contributed by atoms with Crippen molar-refractivity contribution in [2.45, 2.75) is 0 Å². The van der Waals surface area contributed by atoms with Gasteiger partial charge in [-0.1, -0.05) is 59.3 Å². The van der Waals surface area contributed by atoms with Crippen LogP contribution in [0.2, 0.25) is 10.0 Å². The van der Waals surface area contributed by atoms with Gasteiger partial charge in [0.2, 0.25) is 0 Å². The molecule has 1 aliphatic rings. The summed E-state index contributed by atoms with van der Waals surface area (Å²) in [6.45, 7) is 0.565. The third-order valence-electron chi connectivity index (χ3n) is 3.64. The summed E-state index contributed by atoms with van der Waals surface area (Å²) < 4.78 is 17.2. The van der Waals surface area contributed by atoms with Crippen molar-refractivity contribution in [3.63, 3.8) is 0 Å². The van der Waals surface area contributed by atoms with E-state index in [2.05, 4.69) is 5.32 Å². The number of methoxy groups -OCH3 is 1. The smallest absolute Gasteiger partial charge is 0.263 e. The Balaban J connectivity index is 1.61. The van der Waals surface area contributed by atoms with Gasteiger partial charge in [-0.25, -0.2) is 0 Å². The van der Waals surface area contributed by atoms with Crippen LogP contribution in [-0.2, 0) is 4.79 Å². The first-order chi connectivity index (χ1) is 13.5. The van der Waals surface area contributed by atoms with Crippen molar-refractivity contribution in [1.82, 2.24) is 5.32 Å². The van der Waals surface area contributed by atoms with Crippen LogP contribution in [0, 0.1) is 0 Å². The van der Waals surface area contributed by atoms with E-state index in [9.17, 15) is 4.79 Å². The Morgan fingerprint density at radius 3 is 2.54 bits per heavy atom. The molecule has 0 aliphatic carbocycles. The number of carbonyl (C=O) groups is 1. The van der Waals surface area contributed by atoms with Gasteiger partial charge in [-0.2, -0.15) is 0 Å². The highest BCUT2D eigenvalue weighted by molar-refractivity contribution is 8.26. The van der Waals surface area contributed by atoms with E-state index in [-0.39, 0.29) is 19.1 Å². The largest absolute Gasteiger partial charge is 0.493 e. The van der Waals surface area contributed by atoms with Gasteiger partial charge in [0.05, 0.1) is 17.0 Å². The monoisotopic (exact) mass is 455 g/mol. The van der Waals surface area contributed by atoms with Gasteiger partial charge < -0.3 is 19.5 Å². The van der Waals surface area contributed by atoms with Crippen molar-refractivity contribution >= 4 is 63.5 Å². The van der Waals surface area contributed by atoms with Gasteiger partial charge in [-0.05, 0) is 35.9 Å². The van der Waals surface area contributed by atoms with Crippen LogP contribution in [-0.4, -0.2) is 30.6 Å². The van der Waals surface area contributed by atoms with Crippen LogP contribution >= 0.6 is 47.2 Å². The summed E-state index contributed by atoms with van der Waals surface area (Å²) in [6.07, 6.45) is 1.75. The van der Waals surface area contributed by atoms with Gasteiger partial charge in [0.25, 0.3) is 5.91 Å². The van der Waals surface area contributed by atoms with Gasteiger partial charge in [-0.15, -0.1) is 0 Å². The number of thioether (sulfide) groups is 1. The molecule has 0 unspecified atom stereocenters. The fourth-order valence-electron chi connectivity index (χ4n) is 2.36. The number of carbonyl (C=O) groups excluding carboxylic acids is 1. The molecule has 1 saturated heterocycles. The quantitative estimate of drug-likeness (QED) is 0.362. The molecule has 0 aromatic heterocycles. The van der Waals surface area contributed by atoms with E-state index in [0.717, 1.165) is 5.56 Å². The number of nitrogens with one attached hydrogen (secondary N) is 1. The molecular weight excluding hydrogens is 441 g/mol. The maximum absolute atomic E-state index is 11.8. The lowest BCUT2D eigenvalue weighted by molar-refractivity contribution is -0.115. The first-order valence-electron chi connectivity index (χ1n) is 8.10. The van der Waals surface area contributed by atoms with Gasteiger partial charge in [-0.3, -0.25) is 4.79 Å². The van der Waals surface area contributed by atoms with Crippen LogP contribution in [0.5, 0.6) is 17.2 Å². The zero-order valence-electron chi connectivity index (χ0n) is 14.7. The standard InChI is InChI=1S/C19H15Cl2NO4S2/c1-24-15-9-11(10-16-18(23)22-19(27)28-16)5-6-13(15)25-7-8-26-14-4-2-3-12(20)17(14)21/h2-6,9-10H,7-8H2,1H3,(H,22,23,27). The number of benzene rings is 2. The molecular formula is C19H15Cl2NO4S2. The molecule has 9 heteroatoms. The second-order valence-corrected chi connectivity index (χ2v) is 8.02. The molecule has 5 nitrogen and oxygen atoms in total. The van der Waals surface area contributed by atoms with E-state index in [1.54, 1.807) is 43.5 Å². The number of amides is 1. The van der Waals surface area contributed by atoms with Crippen LogP contribution in [0.1, 0.15) is 5.56 Å². The van der Waals surface area contributed by atoms with Crippen molar-refractivity contribution in [2.24, 2.45) is 0 Å². The van der Waals surface area contributed by atoms with Gasteiger partial charge in [0.1, 0.15) is 28.3 Å². The van der Waals surface area contributed by atoms with Crippen molar-refractivity contribution in [1.29, 1.82) is 0 Å². The van der Waals surface area contributed by atoms with Crippen LogP contribution in [0.4, 0.5) is 0 Å². The highest BCUT2D eigenvalue weighted by Gasteiger charge is 2.22. The molecule has 0 radical (unpaired) electrons. The third-order valence-corrected chi connectivity index (χ3v) is 5.61. The third kappa shape index (κ3) is 5.11. The Kier molecular flexibility index (Phi) is 7.07. The molecule has 0 saturated carbocycles. The molecule has 2 aromatic carbocycles. The van der Waals surface area contributed by atoms with Gasteiger partial charge in [0.15, 0.2) is 11.5 Å². The highest BCUT2D eigenvalue weighted by Crippen LogP contribution is 2.33. The van der Waals surface area contributed by atoms with Crippen molar-refractivity contribution in [3.8, 4) is 17.2 Å². The summed E-state index contributed by atoms with van der Waals surface area (Å²) in [5, 5.41) is 3.38. The number of hydrogen-bond acceptors (Lipinski definition) is 6. The van der Waals surface area contributed by atoms with Crippen LogP contribution in [0.25, 0.3) is 6.08 Å². The number of ether oxygens (including phenoxy) is 3. The van der Waals surface area contributed by atoms with E-state index in [0.29, 0.717) is 36.5 Å². The number of hydrogen-bond donors (Lipinski definition) is 1. The Morgan fingerprint density at radius 2 is 1.86 bits per heavy atom. The molecule has 1 N–H and O–H groups in total. The molecule has 146 valence electrons. The molecule has 28 heavy (non-hydrogen) atoms.